The molecule has 4 heteroatoms. The second kappa shape index (κ2) is 6.21. The zero-order valence-electron chi connectivity index (χ0n) is 11.6. The van der Waals surface area contributed by atoms with Crippen molar-refractivity contribution in [2.75, 3.05) is 18.2 Å². The first-order chi connectivity index (χ1) is 9.61. The van der Waals surface area contributed by atoms with Gasteiger partial charge in [0.1, 0.15) is 0 Å². The van der Waals surface area contributed by atoms with Crippen molar-refractivity contribution in [2.45, 2.75) is 13.0 Å². The third-order valence-electron chi connectivity index (χ3n) is 3.11. The highest BCUT2D eigenvalue weighted by Gasteiger charge is 2.19. The first-order valence-corrected chi connectivity index (χ1v) is 6.36. The molecule has 2 aromatic carbocycles. The molecule has 0 aliphatic rings. The van der Waals surface area contributed by atoms with E-state index >= 15 is 0 Å². The number of carbonyl (C=O) groups excluding carboxylic acids is 1. The van der Waals surface area contributed by atoms with Crippen LogP contribution in [0.5, 0.6) is 0 Å². The van der Waals surface area contributed by atoms with E-state index < -0.39 is 6.10 Å². The van der Waals surface area contributed by atoms with Crippen LogP contribution in [0.2, 0.25) is 0 Å². The summed E-state index contributed by atoms with van der Waals surface area (Å²) in [5.74, 6) is -0.206. The Bertz CT molecular complexity index is 597. The molecular weight excluding hydrogens is 252 g/mol. The molecular formula is C16H18N2O2. The quantitative estimate of drug-likeness (QED) is 0.840. The van der Waals surface area contributed by atoms with Gasteiger partial charge >= 0.3 is 0 Å². The van der Waals surface area contributed by atoms with E-state index in [1.165, 1.54) is 7.11 Å². The average molecular weight is 270 g/mol. The van der Waals surface area contributed by atoms with Crippen molar-refractivity contribution in [2.24, 2.45) is 0 Å². The van der Waals surface area contributed by atoms with Gasteiger partial charge in [-0.2, -0.15) is 0 Å². The van der Waals surface area contributed by atoms with E-state index in [2.05, 4.69) is 5.32 Å². The summed E-state index contributed by atoms with van der Waals surface area (Å²) in [6.07, 6.45) is -0.631. The summed E-state index contributed by atoms with van der Waals surface area (Å²) < 4.78 is 5.29. The van der Waals surface area contributed by atoms with E-state index in [9.17, 15) is 4.79 Å². The third kappa shape index (κ3) is 3.16. The molecule has 0 bridgehead atoms. The molecule has 0 spiro atoms. The highest BCUT2D eigenvalue weighted by atomic mass is 16.5. The van der Waals surface area contributed by atoms with Gasteiger partial charge < -0.3 is 15.8 Å². The lowest BCUT2D eigenvalue weighted by atomic mass is 10.1. The number of anilines is 2. The maximum Gasteiger partial charge on any atom is 0.258 e. The molecule has 1 atom stereocenters. The SMILES string of the molecule is COC(C(=O)Nc1ccc(N)c(C)c1)c1ccccc1. The minimum atomic E-state index is -0.631. The number of rotatable bonds is 4. The summed E-state index contributed by atoms with van der Waals surface area (Å²) in [5, 5.41) is 2.84. The van der Waals surface area contributed by atoms with Crippen LogP contribution in [0.3, 0.4) is 0 Å². The average Bonchev–Trinajstić information content (AvgIpc) is 2.45. The number of carbonyl (C=O) groups is 1. The fourth-order valence-corrected chi connectivity index (χ4v) is 1.98. The van der Waals surface area contributed by atoms with Crippen LogP contribution in [0.15, 0.2) is 48.5 Å². The maximum absolute atomic E-state index is 12.3. The number of benzene rings is 2. The molecule has 0 fully saturated rings. The van der Waals surface area contributed by atoms with E-state index in [-0.39, 0.29) is 5.91 Å². The van der Waals surface area contributed by atoms with Gasteiger partial charge in [0.25, 0.3) is 5.91 Å². The number of amides is 1. The lowest BCUT2D eigenvalue weighted by molar-refractivity contribution is -0.126. The van der Waals surface area contributed by atoms with Crippen LogP contribution in [-0.4, -0.2) is 13.0 Å². The van der Waals surface area contributed by atoms with Gasteiger partial charge in [-0.1, -0.05) is 30.3 Å². The van der Waals surface area contributed by atoms with Crippen molar-refractivity contribution < 1.29 is 9.53 Å². The number of nitrogen functional groups attached to an aromatic ring is 1. The largest absolute Gasteiger partial charge is 0.399 e. The van der Waals surface area contributed by atoms with E-state index in [1.807, 2.05) is 43.3 Å². The molecule has 4 nitrogen and oxygen atoms in total. The third-order valence-corrected chi connectivity index (χ3v) is 3.11. The first kappa shape index (κ1) is 14.1. The topological polar surface area (TPSA) is 64.3 Å². The fraction of sp³-hybridized carbons (Fsp3) is 0.188. The second-order valence-electron chi connectivity index (χ2n) is 4.59. The Kier molecular flexibility index (Phi) is 4.38. The zero-order valence-corrected chi connectivity index (χ0v) is 11.6. The highest BCUT2D eigenvalue weighted by molar-refractivity contribution is 5.95. The minimum absolute atomic E-state index is 0.206. The zero-order chi connectivity index (χ0) is 14.5. The Morgan fingerprint density at radius 2 is 1.90 bits per heavy atom. The predicted octanol–water partition coefficient (Wildman–Crippen LogP) is 2.90. The molecule has 1 unspecified atom stereocenters. The Morgan fingerprint density at radius 1 is 1.20 bits per heavy atom. The molecule has 2 aromatic rings. The van der Waals surface area contributed by atoms with Gasteiger partial charge in [0.2, 0.25) is 0 Å². The number of hydrogen-bond donors (Lipinski definition) is 2. The van der Waals surface area contributed by atoms with Crippen molar-refractivity contribution >= 4 is 17.3 Å². The fourth-order valence-electron chi connectivity index (χ4n) is 1.98. The minimum Gasteiger partial charge on any atom is -0.399 e. The molecule has 0 aliphatic heterocycles. The standard InChI is InChI=1S/C16H18N2O2/c1-11-10-13(8-9-14(11)17)18-16(19)15(20-2)12-6-4-3-5-7-12/h3-10,15H,17H2,1-2H3,(H,18,19). The molecule has 104 valence electrons. The highest BCUT2D eigenvalue weighted by Crippen LogP contribution is 2.21. The summed E-state index contributed by atoms with van der Waals surface area (Å²) in [7, 11) is 1.52. The number of nitrogens with two attached hydrogens (primary N) is 1. The molecule has 0 heterocycles. The van der Waals surface area contributed by atoms with Crippen LogP contribution >= 0.6 is 0 Å². The van der Waals surface area contributed by atoms with Gasteiger partial charge in [-0.05, 0) is 36.2 Å². The molecule has 0 saturated carbocycles. The van der Waals surface area contributed by atoms with Crippen LogP contribution in [0.25, 0.3) is 0 Å². The van der Waals surface area contributed by atoms with Crippen molar-refractivity contribution in [3.8, 4) is 0 Å². The number of nitrogens with one attached hydrogen (secondary N) is 1. The molecule has 0 aliphatic carbocycles. The van der Waals surface area contributed by atoms with Gasteiger partial charge in [0.15, 0.2) is 6.10 Å². The van der Waals surface area contributed by atoms with Crippen LogP contribution in [0.4, 0.5) is 11.4 Å². The van der Waals surface area contributed by atoms with Crippen molar-refractivity contribution in [3.63, 3.8) is 0 Å². The monoisotopic (exact) mass is 270 g/mol. The summed E-state index contributed by atoms with van der Waals surface area (Å²) in [5.41, 5.74) is 8.92. The number of ether oxygens (including phenoxy) is 1. The number of aryl methyl sites for hydroxylation is 1. The van der Waals surface area contributed by atoms with Crippen LogP contribution < -0.4 is 11.1 Å². The molecule has 20 heavy (non-hydrogen) atoms. The summed E-state index contributed by atoms with van der Waals surface area (Å²) in [6.45, 7) is 1.90. The van der Waals surface area contributed by atoms with E-state index in [0.29, 0.717) is 11.4 Å². The molecule has 0 aromatic heterocycles. The lowest BCUT2D eigenvalue weighted by Crippen LogP contribution is -2.22. The summed E-state index contributed by atoms with van der Waals surface area (Å²) >= 11 is 0. The summed E-state index contributed by atoms with van der Waals surface area (Å²) in [4.78, 5) is 12.3. The van der Waals surface area contributed by atoms with Crippen molar-refractivity contribution in [1.82, 2.24) is 0 Å². The Labute approximate surface area is 118 Å². The Morgan fingerprint density at radius 3 is 2.50 bits per heavy atom. The Balaban J connectivity index is 2.15. The van der Waals surface area contributed by atoms with Gasteiger partial charge in [-0.25, -0.2) is 0 Å². The smallest absolute Gasteiger partial charge is 0.258 e. The first-order valence-electron chi connectivity index (χ1n) is 6.36. The molecule has 3 N–H and O–H groups in total. The maximum atomic E-state index is 12.3. The van der Waals surface area contributed by atoms with Crippen LogP contribution in [0.1, 0.15) is 17.2 Å². The number of methoxy groups -OCH3 is 1. The molecule has 1 amide bonds. The van der Waals surface area contributed by atoms with Gasteiger partial charge in [0.05, 0.1) is 0 Å². The lowest BCUT2D eigenvalue weighted by Gasteiger charge is -2.16. The van der Waals surface area contributed by atoms with E-state index in [4.69, 9.17) is 10.5 Å². The van der Waals surface area contributed by atoms with Gasteiger partial charge in [-0.15, -0.1) is 0 Å². The molecule has 0 radical (unpaired) electrons. The van der Waals surface area contributed by atoms with E-state index in [1.54, 1.807) is 12.1 Å². The van der Waals surface area contributed by atoms with Crippen LogP contribution in [0, 0.1) is 6.92 Å². The molecule has 2 rings (SSSR count). The van der Waals surface area contributed by atoms with Crippen molar-refractivity contribution in [1.29, 1.82) is 0 Å². The van der Waals surface area contributed by atoms with Crippen LogP contribution in [-0.2, 0) is 9.53 Å². The second-order valence-corrected chi connectivity index (χ2v) is 4.59. The number of hydrogen-bond acceptors (Lipinski definition) is 3. The van der Waals surface area contributed by atoms with Crippen molar-refractivity contribution in [3.05, 3.63) is 59.7 Å². The van der Waals surface area contributed by atoms with E-state index in [0.717, 1.165) is 11.1 Å². The Hall–Kier alpha value is -2.33. The summed E-state index contributed by atoms with van der Waals surface area (Å²) in [6, 6.07) is 14.8. The van der Waals surface area contributed by atoms with Gasteiger partial charge in [-0.3, -0.25) is 4.79 Å². The van der Waals surface area contributed by atoms with Gasteiger partial charge in [0, 0.05) is 18.5 Å². The normalized spacial score (nSPS) is 11.9. The predicted molar refractivity (Wildman–Crippen MR) is 80.4 cm³/mol. The molecule has 0 saturated heterocycles.